The van der Waals surface area contributed by atoms with Crippen molar-refractivity contribution in [2.75, 3.05) is 0 Å². The number of para-hydroxylation sites is 1. The fraction of sp³-hybridized carbons (Fsp3) is 0.0357. The summed E-state index contributed by atoms with van der Waals surface area (Å²) in [7, 11) is 0. The number of carbonyl (C=O) groups is 2. The van der Waals surface area contributed by atoms with Gasteiger partial charge in [0.25, 0.3) is 0 Å². The number of esters is 1. The number of thiazole rings is 1. The van der Waals surface area contributed by atoms with Gasteiger partial charge >= 0.3 is 5.97 Å². The number of rotatable bonds is 6. The molecule has 4 nitrogen and oxygen atoms in total. The van der Waals surface area contributed by atoms with E-state index < -0.39 is 12.1 Å². The second-order valence-corrected chi connectivity index (χ2v) is 8.49. The van der Waals surface area contributed by atoms with E-state index in [-0.39, 0.29) is 5.78 Å². The Morgan fingerprint density at radius 3 is 2.12 bits per heavy atom. The summed E-state index contributed by atoms with van der Waals surface area (Å²) < 4.78 is 6.90. The van der Waals surface area contributed by atoms with Gasteiger partial charge in [0.2, 0.25) is 5.78 Å². The molecule has 1 unspecified atom stereocenters. The minimum Gasteiger partial charge on any atom is -0.445 e. The van der Waals surface area contributed by atoms with Crippen LogP contribution in [0.4, 0.5) is 0 Å². The maximum atomic E-state index is 13.4. The highest BCUT2D eigenvalue weighted by Gasteiger charge is 2.28. The van der Waals surface area contributed by atoms with Crippen LogP contribution in [0.5, 0.6) is 0 Å². The zero-order valence-electron chi connectivity index (χ0n) is 17.5. The van der Waals surface area contributed by atoms with Gasteiger partial charge in [-0.25, -0.2) is 9.78 Å². The van der Waals surface area contributed by atoms with Crippen LogP contribution < -0.4 is 0 Å². The van der Waals surface area contributed by atoms with E-state index in [1.807, 2.05) is 60.7 Å². The summed E-state index contributed by atoms with van der Waals surface area (Å²) in [6.07, 6.45) is -1.05. The Hall–Kier alpha value is -4.09. The van der Waals surface area contributed by atoms with E-state index in [1.54, 1.807) is 48.5 Å². The van der Waals surface area contributed by atoms with Gasteiger partial charge in [-0.15, -0.1) is 11.3 Å². The number of hydrogen-bond acceptors (Lipinski definition) is 5. The van der Waals surface area contributed by atoms with Crippen molar-refractivity contribution in [2.45, 2.75) is 6.10 Å². The Morgan fingerprint density at radius 1 is 0.727 bits per heavy atom. The second kappa shape index (κ2) is 9.18. The van der Waals surface area contributed by atoms with E-state index in [0.29, 0.717) is 22.3 Å². The Balaban J connectivity index is 1.51. The van der Waals surface area contributed by atoms with Crippen molar-refractivity contribution >= 4 is 33.3 Å². The normalized spacial score (nSPS) is 11.8. The lowest BCUT2D eigenvalue weighted by Gasteiger charge is -2.18. The molecular formula is C28H19NO3S. The van der Waals surface area contributed by atoms with Crippen LogP contribution in [0.15, 0.2) is 109 Å². The van der Waals surface area contributed by atoms with Crippen molar-refractivity contribution in [3.05, 3.63) is 126 Å². The van der Waals surface area contributed by atoms with Crippen LogP contribution in [0.25, 0.3) is 20.8 Å². The fourth-order valence-corrected chi connectivity index (χ4v) is 4.67. The SMILES string of the molecule is O=C(OC(C(=O)c1ccccc1)c1ccccc1)c1ccccc1-c1nc2ccccc2s1. The molecule has 0 saturated carbocycles. The molecule has 1 atom stereocenters. The summed E-state index contributed by atoms with van der Waals surface area (Å²) in [6, 6.07) is 33.0. The van der Waals surface area contributed by atoms with Crippen molar-refractivity contribution in [3.63, 3.8) is 0 Å². The van der Waals surface area contributed by atoms with Gasteiger partial charge in [0, 0.05) is 16.7 Å². The topological polar surface area (TPSA) is 56.3 Å². The third-order valence-corrected chi connectivity index (χ3v) is 6.36. The first-order valence-corrected chi connectivity index (χ1v) is 11.3. The molecule has 0 radical (unpaired) electrons. The average Bonchev–Trinajstić information content (AvgIpc) is 3.32. The minimum atomic E-state index is -1.05. The molecule has 33 heavy (non-hydrogen) atoms. The van der Waals surface area contributed by atoms with Gasteiger partial charge in [0.1, 0.15) is 5.01 Å². The lowest BCUT2D eigenvalue weighted by Crippen LogP contribution is -2.20. The Labute approximate surface area is 195 Å². The number of Topliss-reactive ketones (excluding diaryl/α,β-unsaturated/α-hetero) is 1. The Morgan fingerprint density at radius 2 is 1.36 bits per heavy atom. The Kier molecular flexibility index (Phi) is 5.79. The molecule has 5 heteroatoms. The molecule has 160 valence electrons. The maximum absolute atomic E-state index is 13.4. The second-order valence-electron chi connectivity index (χ2n) is 7.46. The lowest BCUT2D eigenvalue weighted by atomic mass is 9.99. The molecule has 0 aliphatic rings. The molecule has 4 aromatic carbocycles. The number of benzene rings is 4. The number of nitrogens with zero attached hydrogens (tertiary/aromatic N) is 1. The van der Waals surface area contributed by atoms with Crippen LogP contribution in [0, 0.1) is 0 Å². The highest BCUT2D eigenvalue weighted by Crippen LogP contribution is 2.33. The van der Waals surface area contributed by atoms with E-state index in [0.717, 1.165) is 15.2 Å². The fourth-order valence-electron chi connectivity index (χ4n) is 3.66. The third-order valence-electron chi connectivity index (χ3n) is 5.29. The number of ketones is 1. The molecule has 0 fully saturated rings. The number of ether oxygens (including phenoxy) is 1. The molecule has 0 saturated heterocycles. The standard InChI is InChI=1S/C28H19NO3S/c30-25(19-11-3-1-4-12-19)26(20-13-5-2-6-14-20)32-28(31)22-16-8-7-15-21(22)27-29-23-17-9-10-18-24(23)33-27/h1-18,26H. The highest BCUT2D eigenvalue weighted by atomic mass is 32.1. The van der Waals surface area contributed by atoms with Gasteiger partial charge in [-0.2, -0.15) is 0 Å². The van der Waals surface area contributed by atoms with Gasteiger partial charge < -0.3 is 4.74 Å². The molecule has 5 rings (SSSR count). The summed E-state index contributed by atoms with van der Waals surface area (Å²) in [5.74, 6) is -0.837. The van der Waals surface area contributed by atoms with E-state index in [2.05, 4.69) is 4.98 Å². The van der Waals surface area contributed by atoms with Crippen LogP contribution in [-0.4, -0.2) is 16.7 Å². The average molecular weight is 450 g/mol. The quantitative estimate of drug-likeness (QED) is 0.213. The van der Waals surface area contributed by atoms with Crippen molar-refractivity contribution < 1.29 is 14.3 Å². The molecule has 1 heterocycles. The zero-order valence-corrected chi connectivity index (χ0v) is 18.4. The first-order valence-electron chi connectivity index (χ1n) is 10.5. The molecule has 0 N–H and O–H groups in total. The first-order chi connectivity index (χ1) is 16.2. The van der Waals surface area contributed by atoms with Gasteiger partial charge in [-0.1, -0.05) is 91.0 Å². The molecule has 0 aliphatic carbocycles. The zero-order chi connectivity index (χ0) is 22.6. The van der Waals surface area contributed by atoms with Gasteiger partial charge in [0.15, 0.2) is 6.10 Å². The third kappa shape index (κ3) is 4.31. The van der Waals surface area contributed by atoms with Gasteiger partial charge in [-0.05, 0) is 18.2 Å². The number of fused-ring (bicyclic) bond motifs is 1. The number of hydrogen-bond donors (Lipinski definition) is 0. The molecule has 0 amide bonds. The van der Waals surface area contributed by atoms with Gasteiger partial charge in [0.05, 0.1) is 15.8 Å². The largest absolute Gasteiger partial charge is 0.445 e. The van der Waals surface area contributed by atoms with E-state index in [4.69, 9.17) is 4.74 Å². The monoisotopic (exact) mass is 449 g/mol. The number of aromatic nitrogens is 1. The van der Waals surface area contributed by atoms with Gasteiger partial charge in [-0.3, -0.25) is 4.79 Å². The van der Waals surface area contributed by atoms with E-state index >= 15 is 0 Å². The van der Waals surface area contributed by atoms with Crippen LogP contribution in [0.3, 0.4) is 0 Å². The molecule has 0 bridgehead atoms. The molecule has 0 aliphatic heterocycles. The predicted octanol–water partition coefficient (Wildman–Crippen LogP) is 6.74. The van der Waals surface area contributed by atoms with E-state index in [1.165, 1.54) is 11.3 Å². The van der Waals surface area contributed by atoms with Crippen LogP contribution in [-0.2, 0) is 4.74 Å². The van der Waals surface area contributed by atoms with Crippen molar-refractivity contribution in [3.8, 4) is 10.6 Å². The van der Waals surface area contributed by atoms with Crippen molar-refractivity contribution in [1.29, 1.82) is 0 Å². The highest BCUT2D eigenvalue weighted by molar-refractivity contribution is 7.21. The Bertz CT molecular complexity index is 1390. The smallest absolute Gasteiger partial charge is 0.339 e. The summed E-state index contributed by atoms with van der Waals surface area (Å²) in [6.45, 7) is 0. The van der Waals surface area contributed by atoms with Crippen LogP contribution in [0.2, 0.25) is 0 Å². The molecule has 5 aromatic rings. The summed E-state index contributed by atoms with van der Waals surface area (Å²) in [5, 5.41) is 0.731. The van der Waals surface area contributed by atoms with E-state index in [9.17, 15) is 9.59 Å². The summed E-state index contributed by atoms with van der Waals surface area (Å²) >= 11 is 1.51. The minimum absolute atomic E-state index is 0.271. The molecule has 1 aromatic heterocycles. The maximum Gasteiger partial charge on any atom is 0.339 e. The number of carbonyl (C=O) groups excluding carboxylic acids is 2. The molecular weight excluding hydrogens is 430 g/mol. The van der Waals surface area contributed by atoms with Crippen molar-refractivity contribution in [2.24, 2.45) is 0 Å². The van der Waals surface area contributed by atoms with Crippen molar-refractivity contribution in [1.82, 2.24) is 4.98 Å². The lowest BCUT2D eigenvalue weighted by molar-refractivity contribution is 0.0281. The first kappa shape index (κ1) is 20.8. The summed E-state index contributed by atoms with van der Waals surface area (Å²) in [4.78, 5) is 31.4. The van der Waals surface area contributed by atoms with Crippen LogP contribution in [0.1, 0.15) is 32.4 Å². The van der Waals surface area contributed by atoms with Crippen LogP contribution >= 0.6 is 11.3 Å². The predicted molar refractivity (Wildman–Crippen MR) is 130 cm³/mol. The molecule has 0 spiro atoms. The summed E-state index contributed by atoms with van der Waals surface area (Å²) in [5.41, 5.74) is 3.04.